The maximum absolute atomic E-state index is 12.6. The summed E-state index contributed by atoms with van der Waals surface area (Å²) in [4.78, 5) is 26.7. The van der Waals surface area contributed by atoms with Gasteiger partial charge in [-0.05, 0) is 67.5 Å². The Morgan fingerprint density at radius 1 is 1.10 bits per heavy atom. The average Bonchev–Trinajstić information content (AvgIpc) is 3.48. The number of benzene rings is 1. The topological polar surface area (TPSA) is 75.7 Å². The van der Waals surface area contributed by atoms with Gasteiger partial charge < -0.3 is 19.1 Å². The second-order valence-corrected chi connectivity index (χ2v) is 8.02. The molecule has 6 heteroatoms. The molecule has 2 amide bonds. The molecule has 2 aliphatic rings. The lowest BCUT2D eigenvalue weighted by Gasteiger charge is -2.31. The summed E-state index contributed by atoms with van der Waals surface area (Å²) in [6.07, 6.45) is 8.45. The summed E-state index contributed by atoms with van der Waals surface area (Å²) >= 11 is 0. The molecule has 1 aliphatic heterocycles. The molecule has 5 rings (SSSR count). The second-order valence-electron chi connectivity index (χ2n) is 8.02. The van der Waals surface area contributed by atoms with Crippen molar-refractivity contribution in [1.29, 1.82) is 0 Å². The largest absolute Gasteiger partial charge is 0.464 e. The predicted molar refractivity (Wildman–Crippen MR) is 108 cm³/mol. The van der Waals surface area contributed by atoms with Gasteiger partial charge in [-0.3, -0.25) is 9.59 Å². The van der Waals surface area contributed by atoms with Gasteiger partial charge in [0.2, 0.25) is 5.91 Å². The van der Waals surface area contributed by atoms with Gasteiger partial charge in [0.1, 0.15) is 5.58 Å². The first kappa shape index (κ1) is 18.0. The lowest BCUT2D eigenvalue weighted by atomic mass is 10.0. The third-order valence-electron chi connectivity index (χ3n) is 6.10. The number of piperidine rings is 1. The zero-order valence-corrected chi connectivity index (χ0v) is 16.3. The van der Waals surface area contributed by atoms with E-state index in [2.05, 4.69) is 17.4 Å². The van der Waals surface area contributed by atoms with Crippen molar-refractivity contribution in [2.24, 2.45) is 0 Å². The van der Waals surface area contributed by atoms with E-state index in [1.54, 1.807) is 23.3 Å². The van der Waals surface area contributed by atoms with Crippen molar-refractivity contribution in [2.75, 3.05) is 13.1 Å². The van der Waals surface area contributed by atoms with E-state index in [0.29, 0.717) is 25.3 Å². The first-order chi connectivity index (χ1) is 14.2. The van der Waals surface area contributed by atoms with Crippen LogP contribution < -0.4 is 5.32 Å². The van der Waals surface area contributed by atoms with Gasteiger partial charge in [-0.1, -0.05) is 0 Å². The highest BCUT2D eigenvalue weighted by molar-refractivity contribution is 5.91. The van der Waals surface area contributed by atoms with Gasteiger partial charge in [0.25, 0.3) is 5.91 Å². The fourth-order valence-corrected chi connectivity index (χ4v) is 4.52. The third-order valence-corrected chi connectivity index (χ3v) is 6.10. The number of amides is 2. The molecule has 1 saturated heterocycles. The van der Waals surface area contributed by atoms with Gasteiger partial charge in [0.15, 0.2) is 5.76 Å². The van der Waals surface area contributed by atoms with E-state index in [1.807, 2.05) is 0 Å². The van der Waals surface area contributed by atoms with E-state index in [0.717, 1.165) is 42.2 Å². The molecule has 2 aromatic heterocycles. The van der Waals surface area contributed by atoms with Crippen molar-refractivity contribution in [1.82, 2.24) is 10.2 Å². The Hall–Kier alpha value is -3.02. The van der Waals surface area contributed by atoms with Crippen LogP contribution in [0.1, 0.15) is 46.5 Å². The van der Waals surface area contributed by atoms with Crippen molar-refractivity contribution in [2.45, 2.75) is 44.6 Å². The number of furan rings is 2. The zero-order chi connectivity index (χ0) is 19.8. The fraction of sp³-hybridized carbons (Fsp3) is 0.391. The standard InChI is InChI=1S/C23H24N2O4/c26-22(13-17-14-29-21-12-16-4-1-3-15(16)11-19(17)21)24-18-6-8-25(9-7-18)23(27)20-5-2-10-28-20/h2,5,10-12,14,18H,1,3-4,6-9,13H2,(H,24,26). The minimum Gasteiger partial charge on any atom is -0.464 e. The van der Waals surface area contributed by atoms with Crippen LogP contribution in [-0.2, 0) is 24.1 Å². The smallest absolute Gasteiger partial charge is 0.289 e. The molecular formula is C23H24N2O4. The number of hydrogen-bond donors (Lipinski definition) is 1. The van der Waals surface area contributed by atoms with Crippen molar-refractivity contribution >= 4 is 22.8 Å². The Labute approximate surface area is 168 Å². The van der Waals surface area contributed by atoms with Crippen LogP contribution in [-0.4, -0.2) is 35.8 Å². The molecule has 0 radical (unpaired) electrons. The van der Waals surface area contributed by atoms with Crippen LogP contribution in [0.5, 0.6) is 0 Å². The number of hydrogen-bond acceptors (Lipinski definition) is 4. The average molecular weight is 392 g/mol. The third kappa shape index (κ3) is 3.55. The van der Waals surface area contributed by atoms with E-state index in [4.69, 9.17) is 8.83 Å². The first-order valence-corrected chi connectivity index (χ1v) is 10.3. The van der Waals surface area contributed by atoms with Gasteiger partial charge in [0.05, 0.1) is 18.9 Å². The number of carbonyl (C=O) groups is 2. The molecule has 1 aliphatic carbocycles. The van der Waals surface area contributed by atoms with Gasteiger partial charge in [-0.2, -0.15) is 0 Å². The molecule has 29 heavy (non-hydrogen) atoms. The molecular weight excluding hydrogens is 368 g/mol. The maximum atomic E-state index is 12.6. The van der Waals surface area contributed by atoms with Crippen LogP contribution in [0.4, 0.5) is 0 Å². The Morgan fingerprint density at radius 2 is 1.90 bits per heavy atom. The van der Waals surface area contributed by atoms with Crippen LogP contribution in [0.3, 0.4) is 0 Å². The number of nitrogens with one attached hydrogen (secondary N) is 1. The van der Waals surface area contributed by atoms with Crippen molar-refractivity contribution in [3.05, 3.63) is 59.2 Å². The molecule has 0 unspecified atom stereocenters. The van der Waals surface area contributed by atoms with Crippen LogP contribution in [0.15, 0.2) is 45.6 Å². The minimum atomic E-state index is -0.0859. The molecule has 0 bridgehead atoms. The summed E-state index contributed by atoms with van der Waals surface area (Å²) in [5.74, 6) is 0.284. The van der Waals surface area contributed by atoms with Gasteiger partial charge in [-0.15, -0.1) is 0 Å². The Kier molecular flexibility index (Phi) is 4.62. The Morgan fingerprint density at radius 3 is 2.66 bits per heavy atom. The van der Waals surface area contributed by atoms with E-state index < -0.39 is 0 Å². The summed E-state index contributed by atoms with van der Waals surface area (Å²) in [5.41, 5.74) is 4.57. The molecule has 150 valence electrons. The molecule has 1 N–H and O–H groups in total. The SMILES string of the molecule is O=C(Cc1coc2cc3c(cc12)CCC3)NC1CCN(C(=O)c2ccco2)CC1. The van der Waals surface area contributed by atoms with Crippen LogP contribution in [0.25, 0.3) is 11.0 Å². The summed E-state index contributed by atoms with van der Waals surface area (Å²) < 4.78 is 10.9. The maximum Gasteiger partial charge on any atom is 0.289 e. The molecule has 1 aromatic carbocycles. The Balaban J connectivity index is 1.18. The van der Waals surface area contributed by atoms with E-state index in [-0.39, 0.29) is 17.9 Å². The molecule has 1 fully saturated rings. The van der Waals surface area contributed by atoms with Gasteiger partial charge >= 0.3 is 0 Å². The van der Waals surface area contributed by atoms with Crippen LogP contribution in [0.2, 0.25) is 0 Å². The number of nitrogens with zero attached hydrogens (tertiary/aromatic N) is 1. The zero-order valence-electron chi connectivity index (χ0n) is 16.3. The van der Waals surface area contributed by atoms with E-state index >= 15 is 0 Å². The Bertz CT molecular complexity index is 1040. The summed E-state index contributed by atoms with van der Waals surface area (Å²) in [6, 6.07) is 7.81. The monoisotopic (exact) mass is 392 g/mol. The normalized spacial score (nSPS) is 16.9. The van der Waals surface area contributed by atoms with Crippen molar-refractivity contribution in [3.8, 4) is 0 Å². The second kappa shape index (κ2) is 7.43. The molecule has 3 aromatic rings. The van der Waals surface area contributed by atoms with E-state index in [1.165, 1.54) is 23.8 Å². The summed E-state index contributed by atoms with van der Waals surface area (Å²) in [5, 5.41) is 4.18. The highest BCUT2D eigenvalue weighted by Crippen LogP contribution is 2.30. The number of aryl methyl sites for hydroxylation is 2. The highest BCUT2D eigenvalue weighted by Gasteiger charge is 2.26. The summed E-state index contributed by atoms with van der Waals surface area (Å²) in [6.45, 7) is 1.23. The first-order valence-electron chi connectivity index (χ1n) is 10.3. The number of fused-ring (bicyclic) bond motifs is 2. The quantitative estimate of drug-likeness (QED) is 0.738. The molecule has 0 spiro atoms. The molecule has 0 saturated carbocycles. The van der Waals surface area contributed by atoms with E-state index in [9.17, 15) is 9.59 Å². The van der Waals surface area contributed by atoms with Gasteiger partial charge in [0, 0.05) is 30.1 Å². The minimum absolute atomic E-state index is 0.00371. The van der Waals surface area contributed by atoms with Gasteiger partial charge in [-0.25, -0.2) is 0 Å². The predicted octanol–water partition coefficient (Wildman–Crippen LogP) is 3.48. The number of rotatable bonds is 4. The molecule has 6 nitrogen and oxygen atoms in total. The number of likely N-dealkylation sites (tertiary alicyclic amines) is 1. The lowest BCUT2D eigenvalue weighted by Crippen LogP contribution is -2.46. The molecule has 3 heterocycles. The van der Waals surface area contributed by atoms with Crippen LogP contribution in [0, 0.1) is 0 Å². The fourth-order valence-electron chi connectivity index (χ4n) is 4.52. The van der Waals surface area contributed by atoms with Crippen LogP contribution >= 0.6 is 0 Å². The van der Waals surface area contributed by atoms with Crippen molar-refractivity contribution < 1.29 is 18.4 Å². The summed E-state index contributed by atoms with van der Waals surface area (Å²) in [7, 11) is 0. The molecule has 0 atom stereocenters. The lowest BCUT2D eigenvalue weighted by molar-refractivity contribution is -0.121. The highest BCUT2D eigenvalue weighted by atomic mass is 16.3. The number of carbonyl (C=O) groups excluding carboxylic acids is 2. The van der Waals surface area contributed by atoms with Crippen molar-refractivity contribution in [3.63, 3.8) is 0 Å².